The van der Waals surface area contributed by atoms with E-state index in [1.165, 1.54) is 11.3 Å². The SMILES string of the molecule is Cc1ccc(N2CO[N+]([O-])=C2c2csc(N=NC(=O)c3ccccc3)n2)cc1. The molecule has 9 heteroatoms. The second kappa shape index (κ2) is 7.57. The molecule has 0 fully saturated rings. The smallest absolute Gasteiger partial charge is 0.350 e. The van der Waals surface area contributed by atoms with Crippen molar-refractivity contribution < 1.29 is 14.5 Å². The molecule has 0 unspecified atom stereocenters. The quantitative estimate of drug-likeness (QED) is 0.493. The number of aromatic nitrogens is 1. The Morgan fingerprint density at radius 3 is 2.71 bits per heavy atom. The molecule has 4 rings (SSSR count). The molecule has 2 aromatic carbocycles. The lowest BCUT2D eigenvalue weighted by Gasteiger charge is -2.10. The minimum atomic E-state index is -0.457. The summed E-state index contributed by atoms with van der Waals surface area (Å²) in [7, 11) is 0. The van der Waals surface area contributed by atoms with E-state index < -0.39 is 5.91 Å². The second-order valence-electron chi connectivity index (χ2n) is 5.99. The highest BCUT2D eigenvalue weighted by Crippen LogP contribution is 2.25. The van der Waals surface area contributed by atoms with Crippen LogP contribution in [0.2, 0.25) is 0 Å². The molecule has 1 aliphatic heterocycles. The molecule has 0 saturated heterocycles. The molecular formula is C19H15N5O3S. The molecule has 0 atom stereocenters. The number of anilines is 1. The molecule has 2 heterocycles. The molecule has 0 N–H and O–H groups in total. The van der Waals surface area contributed by atoms with Crippen LogP contribution in [0.3, 0.4) is 0 Å². The Morgan fingerprint density at radius 2 is 1.96 bits per heavy atom. The zero-order valence-corrected chi connectivity index (χ0v) is 15.7. The van der Waals surface area contributed by atoms with Gasteiger partial charge in [-0.2, -0.15) is 0 Å². The highest BCUT2D eigenvalue weighted by molar-refractivity contribution is 7.13. The molecule has 1 aromatic heterocycles. The van der Waals surface area contributed by atoms with E-state index in [4.69, 9.17) is 4.84 Å². The summed E-state index contributed by atoms with van der Waals surface area (Å²) in [6, 6.07) is 16.4. The van der Waals surface area contributed by atoms with E-state index in [9.17, 15) is 10.0 Å². The van der Waals surface area contributed by atoms with Gasteiger partial charge in [0, 0.05) is 10.9 Å². The van der Waals surface area contributed by atoms with Crippen molar-refractivity contribution in [3.63, 3.8) is 0 Å². The van der Waals surface area contributed by atoms with Crippen molar-refractivity contribution in [2.45, 2.75) is 6.92 Å². The summed E-state index contributed by atoms with van der Waals surface area (Å²) in [4.78, 5) is 23.6. The molecule has 140 valence electrons. The van der Waals surface area contributed by atoms with Gasteiger partial charge in [-0.05, 0) is 36.1 Å². The van der Waals surface area contributed by atoms with Gasteiger partial charge in [0.05, 0.1) is 0 Å². The predicted octanol–water partition coefficient (Wildman–Crippen LogP) is 4.04. The van der Waals surface area contributed by atoms with Crippen LogP contribution in [0, 0.1) is 12.1 Å². The highest BCUT2D eigenvalue weighted by atomic mass is 32.1. The van der Waals surface area contributed by atoms with Crippen LogP contribution >= 0.6 is 11.3 Å². The third-order valence-electron chi connectivity index (χ3n) is 4.05. The summed E-state index contributed by atoms with van der Waals surface area (Å²) in [5.74, 6) is -0.197. The number of hydrogen-bond acceptors (Lipinski definition) is 7. The van der Waals surface area contributed by atoms with Crippen molar-refractivity contribution in [3.05, 3.63) is 82.0 Å². The van der Waals surface area contributed by atoms with E-state index >= 15 is 0 Å². The lowest BCUT2D eigenvalue weighted by atomic mass is 10.2. The summed E-state index contributed by atoms with van der Waals surface area (Å²) >= 11 is 1.18. The van der Waals surface area contributed by atoms with Gasteiger partial charge in [-0.15, -0.1) is 21.6 Å². The van der Waals surface area contributed by atoms with E-state index in [1.54, 1.807) is 34.5 Å². The number of thiazole rings is 1. The van der Waals surface area contributed by atoms with E-state index in [0.717, 1.165) is 11.3 Å². The van der Waals surface area contributed by atoms with Crippen molar-refractivity contribution in [1.82, 2.24) is 4.98 Å². The molecule has 8 nitrogen and oxygen atoms in total. The molecule has 1 aliphatic rings. The Kier molecular flexibility index (Phi) is 4.81. The van der Waals surface area contributed by atoms with Crippen LogP contribution < -0.4 is 4.90 Å². The number of carbonyl (C=O) groups excluding carboxylic acids is 1. The molecule has 0 radical (unpaired) electrons. The van der Waals surface area contributed by atoms with Gasteiger partial charge in [-0.25, -0.2) is 9.88 Å². The van der Waals surface area contributed by atoms with Crippen molar-refractivity contribution in [3.8, 4) is 0 Å². The third-order valence-corrected chi connectivity index (χ3v) is 4.77. The Hall–Kier alpha value is -3.59. The number of amidine groups is 1. The van der Waals surface area contributed by atoms with E-state index in [2.05, 4.69) is 15.2 Å². The maximum Gasteiger partial charge on any atom is 0.350 e. The van der Waals surface area contributed by atoms with E-state index in [0.29, 0.717) is 16.2 Å². The molecule has 0 bridgehead atoms. The first-order valence-corrected chi connectivity index (χ1v) is 9.28. The molecule has 0 saturated carbocycles. The van der Waals surface area contributed by atoms with Gasteiger partial charge in [-0.3, -0.25) is 4.79 Å². The van der Waals surface area contributed by atoms with Crippen LogP contribution in [0.5, 0.6) is 0 Å². The van der Waals surface area contributed by atoms with E-state index in [1.807, 2.05) is 37.3 Å². The minimum absolute atomic E-state index is 0.0861. The van der Waals surface area contributed by atoms with Gasteiger partial charge in [-0.1, -0.05) is 35.9 Å². The van der Waals surface area contributed by atoms with Gasteiger partial charge < -0.3 is 10.0 Å². The fraction of sp³-hybridized carbons (Fsp3) is 0.105. The number of benzene rings is 2. The first-order chi connectivity index (χ1) is 13.6. The number of nitrogens with zero attached hydrogens (tertiary/aromatic N) is 5. The summed E-state index contributed by atoms with van der Waals surface area (Å²) in [5.41, 5.74) is 2.77. The van der Waals surface area contributed by atoms with Gasteiger partial charge in [0.1, 0.15) is 5.69 Å². The fourth-order valence-corrected chi connectivity index (χ4v) is 3.24. The van der Waals surface area contributed by atoms with Crippen molar-refractivity contribution in [1.29, 1.82) is 0 Å². The molecule has 0 aliphatic carbocycles. The zero-order chi connectivity index (χ0) is 19.5. The van der Waals surface area contributed by atoms with Gasteiger partial charge >= 0.3 is 5.84 Å². The number of azo groups is 1. The third kappa shape index (κ3) is 3.60. The number of aryl methyl sites for hydroxylation is 1. The Morgan fingerprint density at radius 1 is 1.21 bits per heavy atom. The lowest BCUT2D eigenvalue weighted by Crippen LogP contribution is -2.29. The predicted molar refractivity (Wildman–Crippen MR) is 105 cm³/mol. The van der Waals surface area contributed by atoms with Gasteiger partial charge in [0.2, 0.25) is 5.13 Å². The van der Waals surface area contributed by atoms with Crippen LogP contribution in [-0.2, 0) is 4.84 Å². The largest absolute Gasteiger partial charge is 0.430 e. The number of amides is 1. The summed E-state index contributed by atoms with van der Waals surface area (Å²) in [5, 5.41) is 21.7. The maximum absolute atomic E-state index is 12.2. The maximum atomic E-state index is 12.2. The summed E-state index contributed by atoms with van der Waals surface area (Å²) < 4.78 is 0. The fourth-order valence-electron chi connectivity index (χ4n) is 2.62. The number of rotatable bonds is 4. The van der Waals surface area contributed by atoms with Crippen molar-refractivity contribution in [2.24, 2.45) is 10.2 Å². The van der Waals surface area contributed by atoms with Crippen LogP contribution in [0.15, 0.2) is 70.2 Å². The van der Waals surface area contributed by atoms with Crippen LogP contribution in [0.4, 0.5) is 10.8 Å². The molecule has 28 heavy (non-hydrogen) atoms. The topological polar surface area (TPSA) is 93.2 Å². The molecule has 1 amide bonds. The number of hydrogen-bond donors (Lipinski definition) is 0. The summed E-state index contributed by atoms with van der Waals surface area (Å²) in [6.45, 7) is 2.08. The summed E-state index contributed by atoms with van der Waals surface area (Å²) in [6.07, 6.45) is 0. The lowest BCUT2D eigenvalue weighted by molar-refractivity contribution is -0.730. The van der Waals surface area contributed by atoms with Gasteiger partial charge in [0.25, 0.3) is 5.91 Å². The first-order valence-electron chi connectivity index (χ1n) is 8.40. The van der Waals surface area contributed by atoms with Gasteiger partial charge in [0.15, 0.2) is 12.4 Å². The monoisotopic (exact) mass is 393 g/mol. The van der Waals surface area contributed by atoms with Crippen molar-refractivity contribution >= 4 is 33.9 Å². The van der Waals surface area contributed by atoms with Crippen LogP contribution in [0.25, 0.3) is 0 Å². The Balaban J connectivity index is 1.56. The van der Waals surface area contributed by atoms with Crippen LogP contribution in [-0.4, -0.2) is 28.4 Å². The minimum Gasteiger partial charge on any atom is -0.430 e. The molecule has 3 aromatic rings. The number of carbonyl (C=O) groups is 1. The molecule has 0 spiro atoms. The van der Waals surface area contributed by atoms with Crippen LogP contribution in [0.1, 0.15) is 21.6 Å². The van der Waals surface area contributed by atoms with Crippen molar-refractivity contribution in [2.75, 3.05) is 11.6 Å². The second-order valence-corrected chi connectivity index (χ2v) is 6.83. The Bertz CT molecular complexity index is 1060. The van der Waals surface area contributed by atoms with E-state index in [-0.39, 0.29) is 17.7 Å². The average molecular weight is 393 g/mol. The zero-order valence-electron chi connectivity index (χ0n) is 14.8. The Labute approximate surface area is 164 Å². The molecular weight excluding hydrogens is 378 g/mol. The normalized spacial score (nSPS) is 14.0. The standard InChI is InChI=1S/C19H15N5O3S/c1-13-7-9-15(10-8-13)23-12-27-24(26)18(23)16-11-28-19(20-16)22-21-17(25)14-5-3-2-4-6-14/h2-11H,12H2,1H3. The highest BCUT2D eigenvalue weighted by Gasteiger charge is 2.33. The average Bonchev–Trinajstić information content (AvgIpc) is 3.33. The first kappa shape index (κ1) is 17.8.